The topological polar surface area (TPSA) is 75.7 Å². The Kier molecular flexibility index (Phi) is 5.84. The lowest BCUT2D eigenvalue weighted by Gasteiger charge is -2.32. The van der Waals surface area contributed by atoms with Crippen molar-refractivity contribution in [1.82, 2.24) is 4.90 Å². The molecule has 2 amide bonds. The minimum atomic E-state index is -0.647. The first kappa shape index (κ1) is 19.3. The molecular formula is C21H19FN2O4. The highest BCUT2D eigenvalue weighted by Crippen LogP contribution is 2.33. The second kappa shape index (κ2) is 8.47. The molecule has 1 heterocycles. The number of ether oxygens (including phenoxy) is 1. The average Bonchev–Trinajstić information content (AvgIpc) is 2.68. The normalized spacial score (nSPS) is 14.9. The fourth-order valence-electron chi connectivity index (χ4n) is 3.02. The molecule has 0 radical (unpaired) electrons. The van der Waals surface area contributed by atoms with Crippen molar-refractivity contribution in [2.45, 2.75) is 19.4 Å². The SMILES string of the molecule is CC(=O)N1C=Cc2ccccc2[C@H]1CC(=O)OCC(=O)Nc1ccccc1F. The van der Waals surface area contributed by atoms with Crippen LogP contribution in [-0.4, -0.2) is 29.3 Å². The number of carbonyl (C=O) groups excluding carboxylic acids is 3. The van der Waals surface area contributed by atoms with E-state index >= 15 is 0 Å². The van der Waals surface area contributed by atoms with Crippen LogP contribution in [0.15, 0.2) is 54.7 Å². The van der Waals surface area contributed by atoms with E-state index in [2.05, 4.69) is 5.32 Å². The van der Waals surface area contributed by atoms with Gasteiger partial charge in [-0.1, -0.05) is 36.4 Å². The smallest absolute Gasteiger partial charge is 0.308 e. The largest absolute Gasteiger partial charge is 0.455 e. The predicted octanol–water partition coefficient (Wildman–Crippen LogP) is 3.27. The monoisotopic (exact) mass is 382 g/mol. The van der Waals surface area contributed by atoms with Crippen molar-refractivity contribution >= 4 is 29.5 Å². The van der Waals surface area contributed by atoms with Crippen molar-refractivity contribution < 1.29 is 23.5 Å². The maximum Gasteiger partial charge on any atom is 0.308 e. The number of esters is 1. The third kappa shape index (κ3) is 4.43. The van der Waals surface area contributed by atoms with E-state index in [9.17, 15) is 18.8 Å². The molecule has 1 aliphatic heterocycles. The number of halogens is 1. The molecule has 0 saturated heterocycles. The average molecular weight is 382 g/mol. The summed E-state index contributed by atoms with van der Waals surface area (Å²) in [6.07, 6.45) is 3.34. The fourth-order valence-corrected chi connectivity index (χ4v) is 3.02. The highest BCUT2D eigenvalue weighted by atomic mass is 19.1. The first-order chi connectivity index (χ1) is 13.5. The highest BCUT2D eigenvalue weighted by molar-refractivity contribution is 5.93. The lowest BCUT2D eigenvalue weighted by molar-refractivity contribution is -0.149. The van der Waals surface area contributed by atoms with E-state index in [-0.39, 0.29) is 18.0 Å². The zero-order valence-electron chi connectivity index (χ0n) is 15.2. The number of hydrogen-bond donors (Lipinski definition) is 1. The number of nitrogens with one attached hydrogen (secondary N) is 1. The number of amides is 2. The molecule has 3 rings (SSSR count). The molecule has 0 unspecified atom stereocenters. The minimum absolute atomic E-state index is 0.0117. The summed E-state index contributed by atoms with van der Waals surface area (Å²) in [7, 11) is 0. The van der Waals surface area contributed by atoms with Crippen LogP contribution in [0.3, 0.4) is 0 Å². The van der Waals surface area contributed by atoms with Crippen molar-refractivity contribution in [3.8, 4) is 0 Å². The molecule has 0 bridgehead atoms. The van der Waals surface area contributed by atoms with Crippen molar-refractivity contribution in [3.05, 3.63) is 71.7 Å². The van der Waals surface area contributed by atoms with E-state index in [0.717, 1.165) is 11.1 Å². The second-order valence-electron chi connectivity index (χ2n) is 6.28. The van der Waals surface area contributed by atoms with Crippen LogP contribution in [0, 0.1) is 5.82 Å². The number of anilines is 1. The summed E-state index contributed by atoms with van der Waals surface area (Å²) in [6, 6.07) is 12.6. The molecule has 28 heavy (non-hydrogen) atoms. The quantitative estimate of drug-likeness (QED) is 0.806. The molecule has 7 heteroatoms. The van der Waals surface area contributed by atoms with E-state index < -0.39 is 30.3 Å². The summed E-state index contributed by atoms with van der Waals surface area (Å²) < 4.78 is 18.6. The van der Waals surface area contributed by atoms with Crippen molar-refractivity contribution in [3.63, 3.8) is 0 Å². The second-order valence-corrected chi connectivity index (χ2v) is 6.28. The van der Waals surface area contributed by atoms with Gasteiger partial charge < -0.3 is 15.0 Å². The van der Waals surface area contributed by atoms with Gasteiger partial charge in [0.25, 0.3) is 5.91 Å². The highest BCUT2D eigenvalue weighted by Gasteiger charge is 2.28. The lowest BCUT2D eigenvalue weighted by atomic mass is 9.94. The van der Waals surface area contributed by atoms with E-state index in [1.807, 2.05) is 24.3 Å². The van der Waals surface area contributed by atoms with Crippen LogP contribution < -0.4 is 5.32 Å². The first-order valence-corrected chi connectivity index (χ1v) is 8.71. The lowest BCUT2D eigenvalue weighted by Crippen LogP contribution is -2.33. The molecule has 0 saturated carbocycles. The van der Waals surface area contributed by atoms with Crippen LogP contribution in [0.1, 0.15) is 30.5 Å². The van der Waals surface area contributed by atoms with Gasteiger partial charge in [0.15, 0.2) is 6.61 Å². The van der Waals surface area contributed by atoms with Crippen molar-refractivity contribution in [1.29, 1.82) is 0 Å². The van der Waals surface area contributed by atoms with Crippen LogP contribution in [-0.2, 0) is 19.1 Å². The third-order valence-electron chi connectivity index (χ3n) is 4.34. The summed E-state index contributed by atoms with van der Waals surface area (Å²) in [5.41, 5.74) is 1.75. The third-order valence-corrected chi connectivity index (χ3v) is 4.34. The molecule has 0 fully saturated rings. The Balaban J connectivity index is 1.62. The zero-order chi connectivity index (χ0) is 20.1. The molecule has 2 aromatic rings. The van der Waals surface area contributed by atoms with E-state index in [4.69, 9.17) is 4.74 Å². The van der Waals surface area contributed by atoms with Gasteiger partial charge in [-0.3, -0.25) is 14.4 Å². The van der Waals surface area contributed by atoms with Crippen molar-refractivity contribution in [2.24, 2.45) is 0 Å². The number of benzene rings is 2. The Bertz CT molecular complexity index is 942. The maximum absolute atomic E-state index is 13.6. The Labute approximate surface area is 161 Å². The van der Waals surface area contributed by atoms with Gasteiger partial charge in [-0.25, -0.2) is 4.39 Å². The number of rotatable bonds is 5. The molecule has 1 N–H and O–H groups in total. The summed E-state index contributed by atoms with van der Waals surface area (Å²) >= 11 is 0. The van der Waals surface area contributed by atoms with E-state index in [0.29, 0.717) is 0 Å². The molecule has 6 nitrogen and oxygen atoms in total. The van der Waals surface area contributed by atoms with Crippen LogP contribution in [0.2, 0.25) is 0 Å². The number of nitrogens with zero attached hydrogens (tertiary/aromatic N) is 1. The van der Waals surface area contributed by atoms with Gasteiger partial charge in [0.2, 0.25) is 5.91 Å². The van der Waals surface area contributed by atoms with Crippen molar-refractivity contribution in [2.75, 3.05) is 11.9 Å². The number of hydrogen-bond acceptors (Lipinski definition) is 4. The predicted molar refractivity (Wildman–Crippen MR) is 101 cm³/mol. The first-order valence-electron chi connectivity index (χ1n) is 8.71. The summed E-state index contributed by atoms with van der Waals surface area (Å²) in [5.74, 6) is -2.07. The Morgan fingerprint density at radius 2 is 1.82 bits per heavy atom. The minimum Gasteiger partial charge on any atom is -0.455 e. The molecule has 2 aromatic carbocycles. The van der Waals surface area contributed by atoms with Gasteiger partial charge >= 0.3 is 5.97 Å². The number of carbonyl (C=O) groups is 3. The van der Waals surface area contributed by atoms with Crippen LogP contribution >= 0.6 is 0 Å². The molecule has 1 aliphatic rings. The summed E-state index contributed by atoms with van der Waals surface area (Å²) in [5, 5.41) is 2.34. The van der Waals surface area contributed by atoms with E-state index in [1.165, 1.54) is 30.0 Å². The van der Waals surface area contributed by atoms with Gasteiger partial charge in [-0.2, -0.15) is 0 Å². The molecule has 0 spiro atoms. The standard InChI is InChI=1S/C21H19FN2O4/c1-14(25)24-11-10-15-6-2-3-7-16(15)19(24)12-21(27)28-13-20(26)23-18-9-5-4-8-17(18)22/h2-11,19H,12-13H2,1H3,(H,23,26)/t19-/m1/s1. The van der Waals surface area contributed by atoms with E-state index in [1.54, 1.807) is 18.3 Å². The molecule has 144 valence electrons. The zero-order valence-corrected chi connectivity index (χ0v) is 15.2. The van der Waals surface area contributed by atoms with Gasteiger partial charge in [-0.05, 0) is 29.3 Å². The molecule has 1 atom stereocenters. The van der Waals surface area contributed by atoms with Gasteiger partial charge in [0.05, 0.1) is 18.2 Å². The molecule has 0 aromatic heterocycles. The van der Waals surface area contributed by atoms with Gasteiger partial charge in [0, 0.05) is 13.1 Å². The number of fused-ring (bicyclic) bond motifs is 1. The number of para-hydroxylation sites is 1. The van der Waals surface area contributed by atoms with Gasteiger partial charge in [-0.15, -0.1) is 0 Å². The van der Waals surface area contributed by atoms with Crippen LogP contribution in [0.25, 0.3) is 6.08 Å². The summed E-state index contributed by atoms with van der Waals surface area (Å²) in [4.78, 5) is 37.6. The van der Waals surface area contributed by atoms with Crippen LogP contribution in [0.4, 0.5) is 10.1 Å². The molecule has 0 aliphatic carbocycles. The Morgan fingerprint density at radius 1 is 1.11 bits per heavy atom. The fraction of sp³-hybridized carbons (Fsp3) is 0.190. The summed E-state index contributed by atoms with van der Waals surface area (Å²) in [6.45, 7) is 0.871. The van der Waals surface area contributed by atoms with Crippen LogP contribution in [0.5, 0.6) is 0 Å². The Morgan fingerprint density at radius 3 is 2.57 bits per heavy atom. The maximum atomic E-state index is 13.6. The van der Waals surface area contributed by atoms with Gasteiger partial charge in [0.1, 0.15) is 5.82 Å². The Hall–Kier alpha value is -3.48. The molecular weight excluding hydrogens is 363 g/mol.